The summed E-state index contributed by atoms with van der Waals surface area (Å²) in [4.78, 5) is 10.4. The van der Waals surface area contributed by atoms with E-state index in [1.165, 1.54) is 6.33 Å². The highest BCUT2D eigenvalue weighted by Crippen LogP contribution is 2.22. The van der Waals surface area contributed by atoms with Gasteiger partial charge in [-0.25, -0.2) is 9.97 Å². The van der Waals surface area contributed by atoms with Crippen LogP contribution in [0, 0.1) is 0 Å². The maximum atomic E-state index is 5.22. The average Bonchev–Trinajstić information content (AvgIpc) is 2.49. The molecule has 0 amide bonds. The van der Waals surface area contributed by atoms with E-state index >= 15 is 0 Å². The normalized spacial score (nSPS) is 10.8. The topological polar surface area (TPSA) is 68.7 Å². The maximum absolute atomic E-state index is 5.22. The zero-order valence-electron chi connectivity index (χ0n) is 12.7. The molecule has 7 heteroatoms. The van der Waals surface area contributed by atoms with E-state index in [0.29, 0.717) is 18.3 Å². The van der Waals surface area contributed by atoms with Crippen LogP contribution in [-0.2, 0) is 11.3 Å². The lowest BCUT2D eigenvalue weighted by Gasteiger charge is -2.17. The fourth-order valence-electron chi connectivity index (χ4n) is 1.73. The summed E-state index contributed by atoms with van der Waals surface area (Å²) in [7, 11) is 6.95. The van der Waals surface area contributed by atoms with Crippen LogP contribution in [0.1, 0.15) is 5.56 Å². The molecule has 0 unspecified atom stereocenters. The zero-order valence-corrected chi connectivity index (χ0v) is 12.7. The molecule has 0 aliphatic heterocycles. The summed E-state index contributed by atoms with van der Waals surface area (Å²) in [6.07, 6.45) is 1.43. The number of nitrogens with one attached hydrogen (secondary N) is 1. The minimum absolute atomic E-state index is 0.539. The molecule has 1 aromatic heterocycles. The van der Waals surface area contributed by atoms with Gasteiger partial charge < -0.3 is 24.4 Å². The highest BCUT2D eigenvalue weighted by molar-refractivity contribution is 5.34. The second-order valence-corrected chi connectivity index (χ2v) is 4.34. The first-order valence-electron chi connectivity index (χ1n) is 6.53. The lowest BCUT2D eigenvalue weighted by atomic mass is 10.3. The Balaban J connectivity index is 2.41. The van der Waals surface area contributed by atoms with Crippen molar-refractivity contribution in [1.29, 1.82) is 0 Å². The highest BCUT2D eigenvalue weighted by atomic mass is 16.5. The van der Waals surface area contributed by atoms with E-state index in [-0.39, 0.29) is 0 Å². The molecule has 7 nitrogen and oxygen atoms in total. The molecule has 1 aromatic rings. The summed E-state index contributed by atoms with van der Waals surface area (Å²) in [5.74, 6) is 1.08. The van der Waals surface area contributed by atoms with E-state index in [1.807, 2.05) is 0 Å². The summed E-state index contributed by atoms with van der Waals surface area (Å²) < 4.78 is 15.5. The van der Waals surface area contributed by atoms with E-state index < -0.39 is 0 Å². The Morgan fingerprint density at radius 2 is 1.75 bits per heavy atom. The van der Waals surface area contributed by atoms with Crippen molar-refractivity contribution in [2.45, 2.75) is 6.54 Å². The molecule has 0 aromatic carbocycles. The smallest absolute Gasteiger partial charge is 0.224 e. The van der Waals surface area contributed by atoms with E-state index in [0.717, 1.165) is 31.8 Å². The van der Waals surface area contributed by atoms with Gasteiger partial charge in [-0.1, -0.05) is 0 Å². The maximum Gasteiger partial charge on any atom is 0.224 e. The van der Waals surface area contributed by atoms with Crippen molar-refractivity contribution in [1.82, 2.24) is 20.2 Å². The predicted molar refractivity (Wildman–Crippen MR) is 76.2 cm³/mol. The Kier molecular flexibility index (Phi) is 7.86. The molecule has 0 fully saturated rings. The van der Waals surface area contributed by atoms with Gasteiger partial charge in [0.05, 0.1) is 26.4 Å². The molecule has 0 saturated heterocycles. The third-order valence-electron chi connectivity index (χ3n) is 2.90. The van der Waals surface area contributed by atoms with Gasteiger partial charge in [0.15, 0.2) is 0 Å². The quantitative estimate of drug-likeness (QED) is 0.614. The van der Waals surface area contributed by atoms with Gasteiger partial charge in [-0.2, -0.15) is 0 Å². The Labute approximate surface area is 120 Å². The Morgan fingerprint density at radius 3 is 2.30 bits per heavy atom. The van der Waals surface area contributed by atoms with E-state index in [9.17, 15) is 0 Å². The Bertz CT molecular complexity index is 368. The van der Waals surface area contributed by atoms with Crippen LogP contribution in [0.3, 0.4) is 0 Å². The molecular weight excluding hydrogens is 260 g/mol. The van der Waals surface area contributed by atoms with Crippen molar-refractivity contribution < 1.29 is 14.2 Å². The second-order valence-electron chi connectivity index (χ2n) is 4.34. The van der Waals surface area contributed by atoms with Crippen molar-refractivity contribution in [3.63, 3.8) is 0 Å². The fourth-order valence-corrected chi connectivity index (χ4v) is 1.73. The number of ether oxygens (including phenoxy) is 3. The number of rotatable bonds is 10. The van der Waals surface area contributed by atoms with Gasteiger partial charge in [0.2, 0.25) is 11.8 Å². The minimum Gasteiger partial charge on any atom is -0.481 e. The molecule has 1 heterocycles. The molecule has 0 spiro atoms. The number of hydrogen-bond donors (Lipinski definition) is 1. The van der Waals surface area contributed by atoms with Crippen molar-refractivity contribution in [3.8, 4) is 11.8 Å². The summed E-state index contributed by atoms with van der Waals surface area (Å²) in [6.45, 7) is 4.04. The molecule has 0 aliphatic rings. The van der Waals surface area contributed by atoms with Crippen LogP contribution in [0.2, 0.25) is 0 Å². The number of aromatic nitrogens is 2. The van der Waals surface area contributed by atoms with Crippen molar-refractivity contribution in [2.24, 2.45) is 0 Å². The van der Waals surface area contributed by atoms with Gasteiger partial charge in [0.25, 0.3) is 0 Å². The van der Waals surface area contributed by atoms with Crippen LogP contribution in [0.25, 0.3) is 0 Å². The van der Waals surface area contributed by atoms with Crippen LogP contribution in [0.15, 0.2) is 6.33 Å². The first kappa shape index (κ1) is 16.6. The second kappa shape index (κ2) is 9.46. The Morgan fingerprint density at radius 1 is 1.10 bits per heavy atom. The third kappa shape index (κ3) is 5.28. The largest absolute Gasteiger partial charge is 0.481 e. The Hall–Kier alpha value is -1.44. The molecule has 0 radical (unpaired) electrons. The molecule has 0 aliphatic carbocycles. The molecule has 1 N–H and O–H groups in total. The molecular formula is C13H24N4O3. The standard InChI is InChI=1S/C13H24N4O3/c1-17(7-8-18-2)6-5-14-9-11-12(19-3)15-10-16-13(11)20-4/h10,14H,5-9H2,1-4H3. The molecule has 0 bridgehead atoms. The van der Waals surface area contributed by atoms with Crippen LogP contribution >= 0.6 is 0 Å². The van der Waals surface area contributed by atoms with E-state index in [2.05, 4.69) is 27.2 Å². The van der Waals surface area contributed by atoms with Crippen LogP contribution in [0.4, 0.5) is 0 Å². The van der Waals surface area contributed by atoms with Gasteiger partial charge in [-0.05, 0) is 7.05 Å². The van der Waals surface area contributed by atoms with Gasteiger partial charge in [0.1, 0.15) is 6.33 Å². The summed E-state index contributed by atoms with van der Waals surface area (Å²) in [6, 6.07) is 0. The highest BCUT2D eigenvalue weighted by Gasteiger charge is 2.12. The van der Waals surface area contributed by atoms with Crippen molar-refractivity contribution in [3.05, 3.63) is 11.9 Å². The van der Waals surface area contributed by atoms with Crippen LogP contribution < -0.4 is 14.8 Å². The summed E-state index contributed by atoms with van der Waals surface area (Å²) in [5, 5.41) is 3.34. The molecule has 114 valence electrons. The lowest BCUT2D eigenvalue weighted by Crippen LogP contribution is -2.31. The molecule has 1 rings (SSSR count). The monoisotopic (exact) mass is 284 g/mol. The molecule has 0 saturated carbocycles. The summed E-state index contributed by atoms with van der Waals surface area (Å²) >= 11 is 0. The van der Waals surface area contributed by atoms with Gasteiger partial charge in [0, 0.05) is 33.3 Å². The van der Waals surface area contributed by atoms with Crippen molar-refractivity contribution >= 4 is 0 Å². The lowest BCUT2D eigenvalue weighted by molar-refractivity contribution is 0.161. The van der Waals surface area contributed by atoms with Gasteiger partial charge >= 0.3 is 0 Å². The van der Waals surface area contributed by atoms with E-state index in [1.54, 1.807) is 21.3 Å². The number of methoxy groups -OCH3 is 3. The number of hydrogen-bond acceptors (Lipinski definition) is 7. The SMILES string of the molecule is COCCN(C)CCNCc1c(OC)ncnc1OC. The van der Waals surface area contributed by atoms with Crippen LogP contribution in [-0.4, -0.2) is 69.5 Å². The number of likely N-dealkylation sites (N-methyl/N-ethyl adjacent to an activating group) is 1. The van der Waals surface area contributed by atoms with Gasteiger partial charge in [-0.15, -0.1) is 0 Å². The summed E-state index contributed by atoms with van der Waals surface area (Å²) in [5.41, 5.74) is 0.831. The minimum atomic E-state index is 0.539. The number of nitrogens with zero attached hydrogens (tertiary/aromatic N) is 3. The average molecular weight is 284 g/mol. The first-order chi connectivity index (χ1) is 9.72. The predicted octanol–water partition coefficient (Wildman–Crippen LogP) is 0.162. The third-order valence-corrected chi connectivity index (χ3v) is 2.90. The van der Waals surface area contributed by atoms with E-state index in [4.69, 9.17) is 14.2 Å². The first-order valence-corrected chi connectivity index (χ1v) is 6.53. The van der Waals surface area contributed by atoms with Crippen LogP contribution in [0.5, 0.6) is 11.8 Å². The van der Waals surface area contributed by atoms with Crippen molar-refractivity contribution in [2.75, 3.05) is 54.6 Å². The molecule has 20 heavy (non-hydrogen) atoms. The van der Waals surface area contributed by atoms with Gasteiger partial charge in [-0.3, -0.25) is 0 Å². The zero-order chi connectivity index (χ0) is 14.8. The fraction of sp³-hybridized carbons (Fsp3) is 0.692. The molecule has 0 atom stereocenters.